The third-order valence-electron chi connectivity index (χ3n) is 2.42. The first kappa shape index (κ1) is 12.1. The van der Waals surface area contributed by atoms with Crippen LogP contribution < -0.4 is 16.0 Å². The predicted molar refractivity (Wildman–Crippen MR) is 67.6 cm³/mol. The van der Waals surface area contributed by atoms with Gasteiger partial charge in [0.2, 0.25) is 11.8 Å². The topological polar surface area (TPSA) is 70.2 Å². The van der Waals surface area contributed by atoms with Gasteiger partial charge in [-0.1, -0.05) is 22.0 Å². The normalized spacial score (nSPS) is 19.6. The fourth-order valence-corrected chi connectivity index (χ4v) is 1.95. The molecule has 1 saturated heterocycles. The van der Waals surface area contributed by atoms with Crippen LogP contribution in [0, 0.1) is 0 Å². The monoisotopic (exact) mass is 297 g/mol. The molecular weight excluding hydrogens is 286 g/mol. The number of hydrogen-bond donors (Lipinski definition) is 3. The number of halogens is 1. The highest BCUT2D eigenvalue weighted by atomic mass is 79.9. The van der Waals surface area contributed by atoms with Crippen molar-refractivity contribution >= 4 is 33.4 Å². The Kier molecular flexibility index (Phi) is 3.75. The third kappa shape index (κ3) is 3.28. The minimum Gasteiger partial charge on any atom is -0.353 e. The second-order valence-corrected chi connectivity index (χ2v) is 4.65. The largest absolute Gasteiger partial charge is 0.353 e. The number of rotatable bonds is 2. The summed E-state index contributed by atoms with van der Waals surface area (Å²) in [6, 6.07) is 6.97. The molecule has 5 nitrogen and oxygen atoms in total. The number of hydrogen-bond acceptors (Lipinski definition) is 3. The molecule has 1 aliphatic rings. The van der Waals surface area contributed by atoms with Crippen molar-refractivity contribution in [2.45, 2.75) is 6.04 Å². The van der Waals surface area contributed by atoms with Gasteiger partial charge in [0.15, 0.2) is 0 Å². The molecular formula is C11H12BrN3O2. The Labute approximate surface area is 107 Å². The molecule has 3 N–H and O–H groups in total. The number of amides is 2. The van der Waals surface area contributed by atoms with Gasteiger partial charge in [-0.15, -0.1) is 0 Å². The average molecular weight is 298 g/mol. The molecule has 2 rings (SSSR count). The van der Waals surface area contributed by atoms with E-state index in [2.05, 4.69) is 31.9 Å². The summed E-state index contributed by atoms with van der Waals surface area (Å²) >= 11 is 3.33. The molecule has 90 valence electrons. The Morgan fingerprint density at radius 3 is 2.94 bits per heavy atom. The van der Waals surface area contributed by atoms with Gasteiger partial charge in [-0.25, -0.2) is 0 Å². The first-order chi connectivity index (χ1) is 8.15. The van der Waals surface area contributed by atoms with Crippen molar-refractivity contribution in [1.82, 2.24) is 10.6 Å². The minimum absolute atomic E-state index is 0.0866. The zero-order valence-electron chi connectivity index (χ0n) is 9.00. The molecule has 0 saturated carbocycles. The van der Waals surface area contributed by atoms with E-state index in [0.717, 1.165) is 10.2 Å². The van der Waals surface area contributed by atoms with Crippen molar-refractivity contribution in [3.05, 3.63) is 28.7 Å². The lowest BCUT2D eigenvalue weighted by Crippen LogP contribution is -2.56. The van der Waals surface area contributed by atoms with Crippen LogP contribution in [0.3, 0.4) is 0 Å². The molecule has 0 aromatic heterocycles. The van der Waals surface area contributed by atoms with E-state index in [9.17, 15) is 9.59 Å². The number of anilines is 1. The van der Waals surface area contributed by atoms with Gasteiger partial charge in [-0.05, 0) is 18.2 Å². The summed E-state index contributed by atoms with van der Waals surface area (Å²) in [4.78, 5) is 22.8. The van der Waals surface area contributed by atoms with E-state index in [-0.39, 0.29) is 24.4 Å². The van der Waals surface area contributed by atoms with Crippen molar-refractivity contribution < 1.29 is 9.59 Å². The Morgan fingerprint density at radius 2 is 2.29 bits per heavy atom. The summed E-state index contributed by atoms with van der Waals surface area (Å²) < 4.78 is 0.903. The van der Waals surface area contributed by atoms with Gasteiger partial charge in [0.05, 0.1) is 6.54 Å². The van der Waals surface area contributed by atoms with E-state index >= 15 is 0 Å². The van der Waals surface area contributed by atoms with Gasteiger partial charge in [0.25, 0.3) is 0 Å². The van der Waals surface area contributed by atoms with Crippen molar-refractivity contribution in [3.8, 4) is 0 Å². The Balaban J connectivity index is 1.95. The molecule has 6 heteroatoms. The highest BCUT2D eigenvalue weighted by Gasteiger charge is 2.23. The highest BCUT2D eigenvalue weighted by Crippen LogP contribution is 2.15. The first-order valence-electron chi connectivity index (χ1n) is 5.21. The smallest absolute Gasteiger partial charge is 0.243 e. The van der Waals surface area contributed by atoms with Crippen LogP contribution in [0.1, 0.15) is 0 Å². The maximum atomic E-state index is 11.8. The van der Waals surface area contributed by atoms with Crippen LogP contribution in [0.25, 0.3) is 0 Å². The molecule has 0 bridgehead atoms. The number of benzene rings is 1. The molecule has 0 spiro atoms. The number of nitrogens with one attached hydrogen (secondary N) is 3. The van der Waals surface area contributed by atoms with E-state index in [1.807, 2.05) is 24.3 Å². The lowest BCUT2D eigenvalue weighted by Gasteiger charge is -2.23. The minimum atomic E-state index is -0.383. The molecule has 1 aromatic carbocycles. The molecule has 17 heavy (non-hydrogen) atoms. The second kappa shape index (κ2) is 5.29. The van der Waals surface area contributed by atoms with Gasteiger partial charge < -0.3 is 10.6 Å². The zero-order chi connectivity index (χ0) is 12.3. The maximum Gasteiger partial charge on any atom is 0.243 e. The number of piperazine rings is 1. The van der Waals surface area contributed by atoms with Crippen LogP contribution in [-0.4, -0.2) is 30.9 Å². The highest BCUT2D eigenvalue weighted by molar-refractivity contribution is 9.10. The van der Waals surface area contributed by atoms with Crippen molar-refractivity contribution in [3.63, 3.8) is 0 Å². The van der Waals surface area contributed by atoms with Crippen LogP contribution >= 0.6 is 15.9 Å². The van der Waals surface area contributed by atoms with Crippen molar-refractivity contribution in [2.75, 3.05) is 18.4 Å². The molecule has 0 radical (unpaired) electrons. The number of carbonyl (C=O) groups excluding carboxylic acids is 2. The van der Waals surface area contributed by atoms with Crippen LogP contribution in [0.5, 0.6) is 0 Å². The average Bonchev–Trinajstić information content (AvgIpc) is 2.29. The number of carbonyl (C=O) groups is 2. The molecule has 1 aliphatic heterocycles. The standard InChI is InChI=1S/C11H12BrN3O2/c12-7-2-1-3-8(4-7)15-11(17)9-5-14-10(16)6-13-9/h1-4,9,13H,5-6H2,(H,14,16)(H,15,17). The molecule has 1 atom stereocenters. The quantitative estimate of drug-likeness (QED) is 0.743. The van der Waals surface area contributed by atoms with Gasteiger partial charge >= 0.3 is 0 Å². The molecule has 1 aromatic rings. The van der Waals surface area contributed by atoms with Gasteiger partial charge in [0.1, 0.15) is 6.04 Å². The summed E-state index contributed by atoms with van der Waals surface area (Å²) in [5.74, 6) is -0.236. The van der Waals surface area contributed by atoms with Crippen LogP contribution in [-0.2, 0) is 9.59 Å². The van der Waals surface area contributed by atoms with Crippen LogP contribution in [0.15, 0.2) is 28.7 Å². The van der Waals surface area contributed by atoms with E-state index in [1.54, 1.807) is 0 Å². The fourth-order valence-electron chi connectivity index (χ4n) is 1.55. The summed E-state index contributed by atoms with van der Waals surface area (Å²) in [6.45, 7) is 0.495. The molecule has 2 amide bonds. The molecule has 0 aliphatic carbocycles. The van der Waals surface area contributed by atoms with E-state index in [0.29, 0.717) is 6.54 Å². The van der Waals surface area contributed by atoms with Gasteiger partial charge in [-0.3, -0.25) is 14.9 Å². The Morgan fingerprint density at radius 1 is 1.47 bits per heavy atom. The van der Waals surface area contributed by atoms with Gasteiger partial charge in [0, 0.05) is 16.7 Å². The predicted octanol–water partition coefficient (Wildman–Crippen LogP) is 0.476. The molecule has 1 fully saturated rings. The summed E-state index contributed by atoms with van der Waals surface area (Å²) in [6.07, 6.45) is 0. The summed E-state index contributed by atoms with van der Waals surface area (Å²) in [7, 11) is 0. The summed E-state index contributed by atoms with van der Waals surface area (Å²) in [5, 5.41) is 8.29. The first-order valence-corrected chi connectivity index (χ1v) is 6.01. The molecule has 1 heterocycles. The van der Waals surface area contributed by atoms with E-state index in [1.165, 1.54) is 0 Å². The SMILES string of the molecule is O=C1CNC(C(=O)Nc2cccc(Br)c2)CN1. The van der Waals surface area contributed by atoms with Crippen LogP contribution in [0.2, 0.25) is 0 Å². The Bertz CT molecular complexity index is 440. The maximum absolute atomic E-state index is 11.8. The van der Waals surface area contributed by atoms with E-state index < -0.39 is 0 Å². The van der Waals surface area contributed by atoms with Crippen molar-refractivity contribution in [2.24, 2.45) is 0 Å². The summed E-state index contributed by atoms with van der Waals surface area (Å²) in [5.41, 5.74) is 0.725. The van der Waals surface area contributed by atoms with E-state index in [4.69, 9.17) is 0 Å². The van der Waals surface area contributed by atoms with Crippen molar-refractivity contribution in [1.29, 1.82) is 0 Å². The van der Waals surface area contributed by atoms with Gasteiger partial charge in [-0.2, -0.15) is 0 Å². The fraction of sp³-hybridized carbons (Fsp3) is 0.273. The second-order valence-electron chi connectivity index (χ2n) is 3.74. The third-order valence-corrected chi connectivity index (χ3v) is 2.91. The van der Waals surface area contributed by atoms with Crippen LogP contribution in [0.4, 0.5) is 5.69 Å². The lowest BCUT2D eigenvalue weighted by molar-refractivity contribution is -0.124. The lowest BCUT2D eigenvalue weighted by atomic mass is 10.2. The molecule has 1 unspecified atom stereocenters. The Hall–Kier alpha value is -1.40. The zero-order valence-corrected chi connectivity index (χ0v) is 10.6.